The molecule has 2 aromatic rings. The van der Waals surface area contributed by atoms with Gasteiger partial charge in [-0.15, -0.1) is 0 Å². The molecule has 2 rings (SSSR count). The molecule has 0 unspecified atom stereocenters. The molecule has 106 valence electrons. The molecule has 0 bridgehead atoms. The highest BCUT2D eigenvalue weighted by Crippen LogP contribution is 2.20. The molecule has 0 saturated carbocycles. The summed E-state index contributed by atoms with van der Waals surface area (Å²) in [7, 11) is 0. The Morgan fingerprint density at radius 1 is 1.25 bits per heavy atom. The van der Waals surface area contributed by atoms with Gasteiger partial charge in [-0.3, -0.25) is 4.98 Å². The van der Waals surface area contributed by atoms with Gasteiger partial charge in [0.15, 0.2) is 0 Å². The van der Waals surface area contributed by atoms with Crippen LogP contribution < -0.4 is 4.74 Å². The summed E-state index contributed by atoms with van der Waals surface area (Å²) in [6, 6.07) is 4.53. The van der Waals surface area contributed by atoms with Gasteiger partial charge in [-0.05, 0) is 24.5 Å². The van der Waals surface area contributed by atoms with Crippen molar-refractivity contribution in [3.8, 4) is 5.88 Å². The Morgan fingerprint density at radius 3 is 2.65 bits per heavy atom. The van der Waals surface area contributed by atoms with Crippen molar-refractivity contribution in [3.05, 3.63) is 52.7 Å². The van der Waals surface area contributed by atoms with Crippen LogP contribution in [0.5, 0.6) is 5.88 Å². The Hall–Kier alpha value is -1.68. The summed E-state index contributed by atoms with van der Waals surface area (Å²) in [6.45, 7) is 4.27. The third-order valence-electron chi connectivity index (χ3n) is 2.73. The van der Waals surface area contributed by atoms with Gasteiger partial charge in [-0.2, -0.15) is 0 Å². The highest BCUT2D eigenvalue weighted by atomic mass is 35.5. The average Bonchev–Trinajstić information content (AvgIpc) is 2.39. The quantitative estimate of drug-likeness (QED) is 0.834. The van der Waals surface area contributed by atoms with Gasteiger partial charge in [0.25, 0.3) is 0 Å². The normalized spacial score (nSPS) is 10.8. The van der Waals surface area contributed by atoms with Gasteiger partial charge in [0.05, 0.1) is 23.1 Å². The predicted octanol–water partition coefficient (Wildman–Crippen LogP) is 4.05. The smallest absolute Gasteiger partial charge is 0.232 e. The van der Waals surface area contributed by atoms with E-state index in [9.17, 15) is 4.39 Å². The van der Waals surface area contributed by atoms with Gasteiger partial charge in [-0.25, -0.2) is 9.37 Å². The van der Waals surface area contributed by atoms with Crippen molar-refractivity contribution >= 4 is 11.6 Å². The Morgan fingerprint density at radius 2 is 2.05 bits per heavy atom. The predicted molar refractivity (Wildman–Crippen MR) is 76.3 cm³/mol. The summed E-state index contributed by atoms with van der Waals surface area (Å²) in [5.41, 5.74) is 1.23. The lowest BCUT2D eigenvalue weighted by Crippen LogP contribution is -2.03. The van der Waals surface area contributed by atoms with Gasteiger partial charge in [0.1, 0.15) is 12.4 Å². The molecule has 0 spiro atoms. The van der Waals surface area contributed by atoms with Gasteiger partial charge < -0.3 is 4.74 Å². The molecule has 1 aromatic carbocycles. The molecule has 0 aliphatic rings. The number of ether oxygens (including phenoxy) is 1. The van der Waals surface area contributed by atoms with E-state index in [-0.39, 0.29) is 12.4 Å². The van der Waals surface area contributed by atoms with Crippen LogP contribution in [0.4, 0.5) is 4.39 Å². The van der Waals surface area contributed by atoms with Gasteiger partial charge in [-0.1, -0.05) is 31.5 Å². The summed E-state index contributed by atoms with van der Waals surface area (Å²) in [5.74, 6) is 0.493. The van der Waals surface area contributed by atoms with Crippen molar-refractivity contribution in [2.45, 2.75) is 26.9 Å². The van der Waals surface area contributed by atoms with Crippen LogP contribution in [0.1, 0.15) is 25.1 Å². The number of hydrogen-bond acceptors (Lipinski definition) is 3. The highest BCUT2D eigenvalue weighted by Gasteiger charge is 2.08. The van der Waals surface area contributed by atoms with E-state index in [1.54, 1.807) is 24.5 Å². The molecule has 0 radical (unpaired) electrons. The van der Waals surface area contributed by atoms with E-state index in [1.807, 2.05) is 0 Å². The molecule has 0 N–H and O–H groups in total. The molecular weight excluding hydrogens is 279 g/mol. The maximum absolute atomic E-state index is 13.6. The summed E-state index contributed by atoms with van der Waals surface area (Å²) >= 11 is 5.92. The lowest BCUT2D eigenvalue weighted by molar-refractivity contribution is 0.286. The van der Waals surface area contributed by atoms with Crippen molar-refractivity contribution in [1.82, 2.24) is 9.97 Å². The maximum Gasteiger partial charge on any atom is 0.232 e. The molecule has 0 fully saturated rings. The number of nitrogens with zero attached hydrogens (tertiary/aromatic N) is 2. The summed E-state index contributed by atoms with van der Waals surface area (Å²) in [4.78, 5) is 8.42. The van der Waals surface area contributed by atoms with Crippen molar-refractivity contribution in [3.63, 3.8) is 0 Å². The lowest BCUT2D eigenvalue weighted by atomic mass is 10.1. The lowest BCUT2D eigenvalue weighted by Gasteiger charge is -2.08. The number of halogens is 2. The minimum Gasteiger partial charge on any atom is -0.472 e. The standard InChI is InChI=1S/C15H16ClFN2O/c1-10(2)6-11-7-19-15(8-18-11)20-9-12-13(16)4-3-5-14(12)17/h3-5,7-8,10H,6,9H2,1-2H3. The molecule has 0 saturated heterocycles. The molecule has 20 heavy (non-hydrogen) atoms. The largest absolute Gasteiger partial charge is 0.472 e. The molecule has 0 atom stereocenters. The average molecular weight is 295 g/mol. The molecule has 0 aliphatic carbocycles. The zero-order chi connectivity index (χ0) is 14.5. The van der Waals surface area contributed by atoms with Gasteiger partial charge in [0.2, 0.25) is 5.88 Å². The number of benzene rings is 1. The zero-order valence-electron chi connectivity index (χ0n) is 11.4. The summed E-state index contributed by atoms with van der Waals surface area (Å²) in [5, 5.41) is 0.342. The number of hydrogen-bond donors (Lipinski definition) is 0. The molecule has 1 aromatic heterocycles. The maximum atomic E-state index is 13.6. The monoisotopic (exact) mass is 294 g/mol. The summed E-state index contributed by atoms with van der Waals surface area (Å²) < 4.78 is 19.0. The van der Waals surface area contributed by atoms with Crippen LogP contribution in [-0.2, 0) is 13.0 Å². The van der Waals surface area contributed by atoms with Crippen molar-refractivity contribution in [1.29, 1.82) is 0 Å². The van der Waals surface area contributed by atoms with E-state index < -0.39 is 0 Å². The molecule has 5 heteroatoms. The first kappa shape index (κ1) is 14.7. The Balaban J connectivity index is 2.00. The third kappa shape index (κ3) is 3.90. The Bertz CT molecular complexity index is 552. The number of rotatable bonds is 5. The highest BCUT2D eigenvalue weighted by molar-refractivity contribution is 6.31. The van der Waals surface area contributed by atoms with E-state index in [0.29, 0.717) is 22.4 Å². The minimum absolute atomic E-state index is 0.0315. The minimum atomic E-state index is -0.387. The fraction of sp³-hybridized carbons (Fsp3) is 0.333. The molecule has 1 heterocycles. The molecule has 0 amide bonds. The topological polar surface area (TPSA) is 35.0 Å². The zero-order valence-corrected chi connectivity index (χ0v) is 12.2. The Kier molecular flexibility index (Phi) is 4.90. The van der Waals surface area contributed by atoms with E-state index in [2.05, 4.69) is 23.8 Å². The number of aromatic nitrogens is 2. The molecule has 3 nitrogen and oxygen atoms in total. The van der Waals surface area contributed by atoms with E-state index >= 15 is 0 Å². The van der Waals surface area contributed by atoms with Crippen LogP contribution in [-0.4, -0.2) is 9.97 Å². The van der Waals surface area contributed by atoms with E-state index in [0.717, 1.165) is 12.1 Å². The van der Waals surface area contributed by atoms with Crippen LogP contribution >= 0.6 is 11.6 Å². The molecular formula is C15H16ClFN2O. The van der Waals surface area contributed by atoms with Crippen LogP contribution in [0.3, 0.4) is 0 Å². The summed E-state index contributed by atoms with van der Waals surface area (Å²) in [6.07, 6.45) is 4.09. The van der Waals surface area contributed by atoms with E-state index in [1.165, 1.54) is 6.07 Å². The SMILES string of the molecule is CC(C)Cc1cnc(OCc2c(F)cccc2Cl)cn1. The second-order valence-electron chi connectivity index (χ2n) is 4.93. The first-order valence-corrected chi connectivity index (χ1v) is 6.80. The Labute approximate surface area is 122 Å². The van der Waals surface area contributed by atoms with Crippen molar-refractivity contribution in [2.75, 3.05) is 0 Å². The first-order valence-electron chi connectivity index (χ1n) is 6.43. The van der Waals surface area contributed by atoms with Crippen molar-refractivity contribution in [2.24, 2.45) is 5.92 Å². The second kappa shape index (κ2) is 6.66. The first-order chi connectivity index (χ1) is 9.56. The second-order valence-corrected chi connectivity index (χ2v) is 5.34. The van der Waals surface area contributed by atoms with Crippen molar-refractivity contribution < 1.29 is 9.13 Å². The van der Waals surface area contributed by atoms with Crippen LogP contribution in [0.25, 0.3) is 0 Å². The van der Waals surface area contributed by atoms with Gasteiger partial charge in [0, 0.05) is 5.56 Å². The van der Waals surface area contributed by atoms with Gasteiger partial charge >= 0.3 is 0 Å². The van der Waals surface area contributed by atoms with Crippen LogP contribution in [0, 0.1) is 11.7 Å². The fourth-order valence-corrected chi connectivity index (χ4v) is 1.98. The molecule has 0 aliphatic heterocycles. The third-order valence-corrected chi connectivity index (χ3v) is 3.08. The fourth-order valence-electron chi connectivity index (χ4n) is 1.76. The van der Waals surface area contributed by atoms with Crippen LogP contribution in [0.2, 0.25) is 5.02 Å². The van der Waals surface area contributed by atoms with Crippen LogP contribution in [0.15, 0.2) is 30.6 Å². The van der Waals surface area contributed by atoms with E-state index in [4.69, 9.17) is 16.3 Å².